The van der Waals surface area contributed by atoms with E-state index >= 15 is 0 Å². The molecular formula is C11H18O4. The molecule has 0 aliphatic carbocycles. The molecule has 4 nitrogen and oxygen atoms in total. The van der Waals surface area contributed by atoms with Gasteiger partial charge in [-0.05, 0) is 19.3 Å². The Kier molecular flexibility index (Phi) is 8.43. The maximum absolute atomic E-state index is 10.7. The lowest BCUT2D eigenvalue weighted by atomic mass is 10.1. The standard InChI is InChI=1S/C11H18O4/c1-14-10(12)8-6-4-3-5-7-9-11(13)15-2/h6,8H,3-5,7,9H2,1-2H3/b8-6+. The van der Waals surface area contributed by atoms with Gasteiger partial charge in [-0.15, -0.1) is 0 Å². The van der Waals surface area contributed by atoms with E-state index in [1.54, 1.807) is 6.08 Å². The Morgan fingerprint density at radius 1 is 1.07 bits per heavy atom. The monoisotopic (exact) mass is 214 g/mol. The third-order valence-electron chi connectivity index (χ3n) is 1.93. The lowest BCUT2D eigenvalue weighted by Crippen LogP contribution is -1.99. The first-order valence-electron chi connectivity index (χ1n) is 5.02. The topological polar surface area (TPSA) is 52.6 Å². The molecule has 0 fully saturated rings. The predicted octanol–water partition coefficient (Wildman–Crippen LogP) is 1.84. The van der Waals surface area contributed by atoms with E-state index < -0.39 is 0 Å². The molecule has 0 aromatic carbocycles. The Labute approximate surface area is 90.2 Å². The highest BCUT2D eigenvalue weighted by molar-refractivity contribution is 5.81. The van der Waals surface area contributed by atoms with Gasteiger partial charge in [0, 0.05) is 12.5 Å². The lowest BCUT2D eigenvalue weighted by Gasteiger charge is -1.98. The Morgan fingerprint density at radius 3 is 2.40 bits per heavy atom. The molecular weight excluding hydrogens is 196 g/mol. The van der Waals surface area contributed by atoms with Crippen molar-refractivity contribution in [2.75, 3.05) is 14.2 Å². The van der Waals surface area contributed by atoms with E-state index in [2.05, 4.69) is 9.47 Å². The van der Waals surface area contributed by atoms with E-state index in [9.17, 15) is 9.59 Å². The number of hydrogen-bond donors (Lipinski definition) is 0. The molecule has 0 rings (SSSR count). The van der Waals surface area contributed by atoms with Gasteiger partial charge in [0.25, 0.3) is 0 Å². The Bertz CT molecular complexity index is 221. The minimum atomic E-state index is -0.329. The molecule has 0 saturated carbocycles. The van der Waals surface area contributed by atoms with Gasteiger partial charge in [0.1, 0.15) is 0 Å². The van der Waals surface area contributed by atoms with Gasteiger partial charge in [-0.1, -0.05) is 12.5 Å². The fraction of sp³-hybridized carbons (Fsp3) is 0.636. The zero-order valence-electron chi connectivity index (χ0n) is 9.32. The summed E-state index contributed by atoms with van der Waals surface area (Å²) in [5.74, 6) is -0.496. The molecule has 0 unspecified atom stereocenters. The lowest BCUT2D eigenvalue weighted by molar-refractivity contribution is -0.140. The van der Waals surface area contributed by atoms with Crippen LogP contribution in [0.1, 0.15) is 32.1 Å². The SMILES string of the molecule is COC(=O)/C=C/CCCCCC(=O)OC. The highest BCUT2D eigenvalue weighted by atomic mass is 16.5. The number of unbranched alkanes of at least 4 members (excludes halogenated alkanes) is 3. The van der Waals surface area contributed by atoms with Crippen molar-refractivity contribution in [2.45, 2.75) is 32.1 Å². The van der Waals surface area contributed by atoms with E-state index in [-0.39, 0.29) is 11.9 Å². The molecule has 0 aromatic heterocycles. The molecule has 0 atom stereocenters. The summed E-state index contributed by atoms with van der Waals surface area (Å²) in [7, 11) is 2.74. The Morgan fingerprint density at radius 2 is 1.80 bits per heavy atom. The number of carbonyl (C=O) groups is 2. The number of carbonyl (C=O) groups excluding carboxylic acids is 2. The van der Waals surface area contributed by atoms with Crippen LogP contribution in [0.4, 0.5) is 0 Å². The predicted molar refractivity (Wildman–Crippen MR) is 56.3 cm³/mol. The average Bonchev–Trinajstić information content (AvgIpc) is 2.26. The number of rotatable bonds is 7. The van der Waals surface area contributed by atoms with E-state index in [1.165, 1.54) is 20.3 Å². The molecule has 0 aliphatic heterocycles. The van der Waals surface area contributed by atoms with Crippen molar-refractivity contribution < 1.29 is 19.1 Å². The van der Waals surface area contributed by atoms with Crippen molar-refractivity contribution in [3.05, 3.63) is 12.2 Å². The van der Waals surface area contributed by atoms with Crippen molar-refractivity contribution in [3.63, 3.8) is 0 Å². The maximum Gasteiger partial charge on any atom is 0.330 e. The summed E-state index contributed by atoms with van der Waals surface area (Å²) in [4.78, 5) is 21.4. The largest absolute Gasteiger partial charge is 0.469 e. The van der Waals surface area contributed by atoms with Crippen molar-refractivity contribution in [1.29, 1.82) is 0 Å². The first-order valence-corrected chi connectivity index (χ1v) is 5.02. The highest BCUT2D eigenvalue weighted by Gasteiger charge is 1.98. The average molecular weight is 214 g/mol. The summed E-state index contributed by atoms with van der Waals surface area (Å²) < 4.78 is 8.95. The van der Waals surface area contributed by atoms with Crippen molar-refractivity contribution in [2.24, 2.45) is 0 Å². The Hall–Kier alpha value is -1.32. The molecule has 0 bridgehead atoms. The summed E-state index contributed by atoms with van der Waals surface area (Å²) in [5, 5.41) is 0. The van der Waals surface area contributed by atoms with Gasteiger partial charge in [0.15, 0.2) is 0 Å². The zero-order valence-corrected chi connectivity index (χ0v) is 9.32. The molecule has 4 heteroatoms. The van der Waals surface area contributed by atoms with Crippen LogP contribution in [0.2, 0.25) is 0 Å². The number of hydrogen-bond acceptors (Lipinski definition) is 4. The van der Waals surface area contributed by atoms with E-state index in [1.807, 2.05) is 0 Å². The molecule has 0 aromatic rings. The fourth-order valence-corrected chi connectivity index (χ4v) is 1.06. The van der Waals surface area contributed by atoms with Crippen LogP contribution in [0.25, 0.3) is 0 Å². The second kappa shape index (κ2) is 9.24. The summed E-state index contributed by atoms with van der Waals surface area (Å²) in [6.45, 7) is 0. The fourth-order valence-electron chi connectivity index (χ4n) is 1.06. The number of allylic oxidation sites excluding steroid dienone is 1. The van der Waals surface area contributed by atoms with Gasteiger partial charge >= 0.3 is 11.9 Å². The van der Waals surface area contributed by atoms with Crippen LogP contribution >= 0.6 is 0 Å². The molecule has 0 spiro atoms. The van der Waals surface area contributed by atoms with Crippen LogP contribution in [-0.4, -0.2) is 26.2 Å². The van der Waals surface area contributed by atoms with Gasteiger partial charge in [0.2, 0.25) is 0 Å². The van der Waals surface area contributed by atoms with Crippen molar-refractivity contribution in [3.8, 4) is 0 Å². The van der Waals surface area contributed by atoms with Crippen LogP contribution in [0, 0.1) is 0 Å². The van der Waals surface area contributed by atoms with E-state index in [4.69, 9.17) is 0 Å². The summed E-state index contributed by atoms with van der Waals surface area (Å²) in [6.07, 6.45) is 7.25. The van der Waals surface area contributed by atoms with E-state index in [0.717, 1.165) is 25.7 Å². The second-order valence-corrected chi connectivity index (χ2v) is 3.10. The minimum Gasteiger partial charge on any atom is -0.469 e. The molecule has 86 valence electrons. The molecule has 0 radical (unpaired) electrons. The number of esters is 2. The van der Waals surface area contributed by atoms with Crippen LogP contribution in [0.3, 0.4) is 0 Å². The molecule has 15 heavy (non-hydrogen) atoms. The summed E-state index contributed by atoms with van der Waals surface area (Å²) in [6, 6.07) is 0. The third kappa shape index (κ3) is 9.00. The van der Waals surface area contributed by atoms with Gasteiger partial charge in [0.05, 0.1) is 14.2 Å². The first kappa shape index (κ1) is 13.7. The Balaban J connectivity index is 3.28. The van der Waals surface area contributed by atoms with Crippen molar-refractivity contribution >= 4 is 11.9 Å². The summed E-state index contributed by atoms with van der Waals surface area (Å²) in [5.41, 5.74) is 0. The highest BCUT2D eigenvalue weighted by Crippen LogP contribution is 2.04. The van der Waals surface area contributed by atoms with Gasteiger partial charge in [-0.25, -0.2) is 4.79 Å². The number of ether oxygens (including phenoxy) is 2. The van der Waals surface area contributed by atoms with Crippen LogP contribution in [0.5, 0.6) is 0 Å². The van der Waals surface area contributed by atoms with Crippen molar-refractivity contribution in [1.82, 2.24) is 0 Å². The molecule has 0 amide bonds. The number of methoxy groups -OCH3 is 2. The minimum absolute atomic E-state index is 0.167. The van der Waals surface area contributed by atoms with Crippen LogP contribution in [-0.2, 0) is 19.1 Å². The molecule has 0 saturated heterocycles. The van der Waals surface area contributed by atoms with Crippen LogP contribution < -0.4 is 0 Å². The normalized spacial score (nSPS) is 10.3. The van der Waals surface area contributed by atoms with Gasteiger partial charge < -0.3 is 9.47 Å². The van der Waals surface area contributed by atoms with Gasteiger partial charge in [-0.3, -0.25) is 4.79 Å². The molecule has 0 N–H and O–H groups in total. The van der Waals surface area contributed by atoms with E-state index in [0.29, 0.717) is 6.42 Å². The zero-order chi connectivity index (χ0) is 11.5. The molecule has 0 aliphatic rings. The third-order valence-corrected chi connectivity index (χ3v) is 1.93. The quantitative estimate of drug-likeness (QED) is 0.368. The maximum atomic E-state index is 10.7. The smallest absolute Gasteiger partial charge is 0.330 e. The molecule has 0 heterocycles. The first-order chi connectivity index (χ1) is 7.20. The summed E-state index contributed by atoms with van der Waals surface area (Å²) >= 11 is 0. The second-order valence-electron chi connectivity index (χ2n) is 3.10. The van der Waals surface area contributed by atoms with Gasteiger partial charge in [-0.2, -0.15) is 0 Å². The van der Waals surface area contributed by atoms with Crippen LogP contribution in [0.15, 0.2) is 12.2 Å².